The van der Waals surface area contributed by atoms with Crippen LogP contribution in [0.3, 0.4) is 0 Å². The van der Waals surface area contributed by atoms with Crippen molar-refractivity contribution in [3.05, 3.63) is 101 Å². The van der Waals surface area contributed by atoms with Crippen LogP contribution in [0.4, 0.5) is 27.6 Å². The van der Waals surface area contributed by atoms with Crippen molar-refractivity contribution >= 4 is 11.4 Å². The predicted molar refractivity (Wildman–Crippen MR) is 130 cm³/mol. The van der Waals surface area contributed by atoms with Gasteiger partial charge in [0.2, 0.25) is 5.43 Å². The van der Waals surface area contributed by atoms with Gasteiger partial charge >= 0.3 is 12.9 Å². The Kier molecular flexibility index (Phi) is 7.37. The molecule has 0 radical (unpaired) electrons. The zero-order valence-corrected chi connectivity index (χ0v) is 19.6. The van der Waals surface area contributed by atoms with E-state index in [0.29, 0.717) is 27.1 Å². The number of allylic oxidation sites excluding steroid dienone is 1. The highest BCUT2D eigenvalue weighted by atomic mass is 19.4. The maximum Gasteiger partial charge on any atom is 0.573 e. The van der Waals surface area contributed by atoms with Crippen molar-refractivity contribution < 1.29 is 26.7 Å². The molecule has 4 aromatic rings. The van der Waals surface area contributed by atoms with Crippen LogP contribution in [-0.4, -0.2) is 31.6 Å². The second kappa shape index (κ2) is 10.7. The second-order valence-electron chi connectivity index (χ2n) is 7.86. The van der Waals surface area contributed by atoms with Gasteiger partial charge in [-0.25, -0.2) is 14.4 Å². The maximum absolute atomic E-state index is 12.9. The van der Waals surface area contributed by atoms with Gasteiger partial charge in [-0.3, -0.25) is 4.79 Å². The van der Waals surface area contributed by atoms with Crippen molar-refractivity contribution in [3.63, 3.8) is 0 Å². The first-order valence-corrected chi connectivity index (χ1v) is 10.9. The van der Waals surface area contributed by atoms with E-state index in [9.17, 15) is 26.7 Å². The van der Waals surface area contributed by atoms with Crippen molar-refractivity contribution in [3.8, 4) is 22.6 Å². The SMILES string of the molecule is Cc1cc(-c2cnn(C(F)F)c2)ccc1-n1ccc(=O)c(C(C=CN)=Nc2cccc(OC(F)(F)F)c2)n1. The first-order chi connectivity index (χ1) is 18.0. The van der Waals surface area contributed by atoms with Crippen molar-refractivity contribution in [2.75, 3.05) is 0 Å². The van der Waals surface area contributed by atoms with E-state index in [0.717, 1.165) is 18.3 Å². The Bertz CT molecular complexity index is 1570. The minimum Gasteiger partial charge on any atom is -0.406 e. The minimum atomic E-state index is -4.88. The molecule has 0 spiro atoms. The summed E-state index contributed by atoms with van der Waals surface area (Å²) in [4.78, 5) is 16.9. The number of ether oxygens (including phenoxy) is 1. The lowest BCUT2D eigenvalue weighted by Crippen LogP contribution is -2.20. The zero-order valence-electron chi connectivity index (χ0n) is 19.6. The lowest BCUT2D eigenvalue weighted by Gasteiger charge is -2.12. The Hall–Kier alpha value is -4.81. The number of hydrogen-bond acceptors (Lipinski definition) is 6. The number of benzene rings is 2. The van der Waals surface area contributed by atoms with Crippen molar-refractivity contribution in [1.82, 2.24) is 19.6 Å². The molecular weight excluding hydrogens is 511 g/mol. The maximum atomic E-state index is 12.9. The molecule has 2 aromatic heterocycles. The van der Waals surface area contributed by atoms with Gasteiger partial charge < -0.3 is 10.5 Å². The molecule has 4 rings (SSSR count). The van der Waals surface area contributed by atoms with Gasteiger partial charge in [0.1, 0.15) is 5.75 Å². The summed E-state index contributed by atoms with van der Waals surface area (Å²) in [6.45, 7) is -0.984. The molecule has 13 heteroatoms. The van der Waals surface area contributed by atoms with E-state index in [1.807, 2.05) is 0 Å². The molecule has 2 N–H and O–H groups in total. The lowest BCUT2D eigenvalue weighted by atomic mass is 10.1. The Morgan fingerprint density at radius 1 is 1.13 bits per heavy atom. The van der Waals surface area contributed by atoms with Crippen LogP contribution in [-0.2, 0) is 0 Å². The molecule has 0 fully saturated rings. The summed E-state index contributed by atoms with van der Waals surface area (Å²) in [5.74, 6) is -0.483. The number of aliphatic imine (C=N–C) groups is 1. The number of nitrogens with two attached hydrogens (primary N) is 1. The molecule has 196 valence electrons. The highest BCUT2D eigenvalue weighted by molar-refractivity contribution is 6.08. The number of nitrogens with zero attached hydrogens (tertiary/aromatic N) is 5. The van der Waals surface area contributed by atoms with E-state index in [1.165, 1.54) is 47.5 Å². The standard InChI is InChI=1S/C25H19F5N6O2/c1-15-11-16(17-13-32-36(14-17)24(26)27)5-6-21(15)35-10-8-22(37)23(34-35)20(7-9-31)33-18-3-2-4-19(12-18)38-25(28,29)30/h2-14,24H,31H2,1H3. The largest absolute Gasteiger partial charge is 0.573 e. The fourth-order valence-corrected chi connectivity index (χ4v) is 3.55. The van der Waals surface area contributed by atoms with Crippen LogP contribution in [0.25, 0.3) is 16.8 Å². The monoisotopic (exact) mass is 530 g/mol. The highest BCUT2D eigenvalue weighted by Gasteiger charge is 2.31. The predicted octanol–water partition coefficient (Wildman–Crippen LogP) is 5.29. The molecule has 0 bridgehead atoms. The lowest BCUT2D eigenvalue weighted by molar-refractivity contribution is -0.274. The topological polar surface area (TPSA) is 100 Å². The molecule has 8 nitrogen and oxygen atoms in total. The summed E-state index contributed by atoms with van der Waals surface area (Å²) in [6, 6.07) is 11.3. The Balaban J connectivity index is 1.71. The van der Waals surface area contributed by atoms with Crippen LogP contribution in [0, 0.1) is 6.92 Å². The molecule has 0 amide bonds. The van der Waals surface area contributed by atoms with Gasteiger partial charge in [-0.2, -0.15) is 19.0 Å². The number of hydrogen-bond donors (Lipinski definition) is 1. The first kappa shape index (κ1) is 26.3. The normalized spacial score (nSPS) is 12.4. The van der Waals surface area contributed by atoms with E-state index >= 15 is 0 Å². The number of rotatable bonds is 7. The number of alkyl halides is 5. The van der Waals surface area contributed by atoms with Crippen molar-refractivity contribution in [1.29, 1.82) is 0 Å². The Morgan fingerprint density at radius 3 is 2.58 bits per heavy atom. The summed E-state index contributed by atoms with van der Waals surface area (Å²) in [7, 11) is 0. The summed E-state index contributed by atoms with van der Waals surface area (Å²) in [6.07, 6.45) is 1.52. The van der Waals surface area contributed by atoms with Gasteiger partial charge in [0, 0.05) is 30.1 Å². The number of halogens is 5. The Morgan fingerprint density at radius 2 is 1.92 bits per heavy atom. The van der Waals surface area contributed by atoms with Crippen molar-refractivity contribution in [2.24, 2.45) is 10.7 Å². The number of aryl methyl sites for hydroxylation is 1. The highest BCUT2D eigenvalue weighted by Crippen LogP contribution is 2.27. The van der Waals surface area contributed by atoms with Gasteiger partial charge in [0.05, 0.1) is 23.3 Å². The molecule has 0 aliphatic carbocycles. The molecule has 2 aromatic carbocycles. The third-order valence-corrected chi connectivity index (χ3v) is 5.18. The van der Waals surface area contributed by atoms with E-state index in [1.54, 1.807) is 25.1 Å². The van der Waals surface area contributed by atoms with Gasteiger partial charge in [-0.1, -0.05) is 12.1 Å². The first-order valence-electron chi connectivity index (χ1n) is 10.9. The smallest absolute Gasteiger partial charge is 0.406 e. The third kappa shape index (κ3) is 6.11. The van der Waals surface area contributed by atoms with Gasteiger partial charge in [0.25, 0.3) is 0 Å². The summed E-state index contributed by atoms with van der Waals surface area (Å²) in [5.41, 5.74) is 7.41. The Labute approximate surface area is 212 Å². The molecule has 0 aliphatic heterocycles. The van der Waals surface area contributed by atoms with E-state index in [2.05, 4.69) is 19.9 Å². The minimum absolute atomic E-state index is 0.00435. The zero-order chi connectivity index (χ0) is 27.4. The summed E-state index contributed by atoms with van der Waals surface area (Å²) in [5, 5.41) is 8.01. The molecule has 0 atom stereocenters. The van der Waals surface area contributed by atoms with Crippen LogP contribution in [0.1, 0.15) is 17.8 Å². The quantitative estimate of drug-likeness (QED) is 0.259. The number of aromatic nitrogens is 4. The second-order valence-corrected chi connectivity index (χ2v) is 7.86. The van der Waals surface area contributed by atoms with Crippen molar-refractivity contribution in [2.45, 2.75) is 19.8 Å². The average molecular weight is 530 g/mol. The van der Waals surface area contributed by atoms with E-state index in [4.69, 9.17) is 5.73 Å². The van der Waals surface area contributed by atoms with Crippen LogP contribution in [0.2, 0.25) is 0 Å². The van der Waals surface area contributed by atoms with Crippen LogP contribution >= 0.6 is 0 Å². The molecule has 0 saturated heterocycles. The summed E-state index contributed by atoms with van der Waals surface area (Å²) >= 11 is 0. The molecule has 2 heterocycles. The average Bonchev–Trinajstić information content (AvgIpc) is 3.34. The van der Waals surface area contributed by atoms with Crippen LogP contribution < -0.4 is 15.9 Å². The molecule has 0 saturated carbocycles. The summed E-state index contributed by atoms with van der Waals surface area (Å²) < 4.78 is 69.4. The molecule has 0 unspecified atom stereocenters. The molecule has 38 heavy (non-hydrogen) atoms. The fourth-order valence-electron chi connectivity index (χ4n) is 3.55. The van der Waals surface area contributed by atoms with Crippen LogP contribution in [0.5, 0.6) is 5.75 Å². The van der Waals surface area contributed by atoms with Gasteiger partial charge in [0.15, 0.2) is 5.69 Å². The van der Waals surface area contributed by atoms with Gasteiger partial charge in [-0.15, -0.1) is 13.2 Å². The third-order valence-electron chi connectivity index (χ3n) is 5.18. The van der Waals surface area contributed by atoms with E-state index < -0.39 is 24.1 Å². The molecular formula is C25H19F5N6O2. The van der Waals surface area contributed by atoms with Gasteiger partial charge in [-0.05, 0) is 54.6 Å². The van der Waals surface area contributed by atoms with E-state index in [-0.39, 0.29) is 17.1 Å². The van der Waals surface area contributed by atoms with Crippen LogP contribution in [0.15, 0.2) is 89.2 Å². The molecule has 0 aliphatic rings. The fraction of sp³-hybridized carbons (Fsp3) is 0.120.